The molecular formula is C12H8ClN3O5. The lowest BCUT2D eigenvalue weighted by Gasteiger charge is -2.08. The minimum absolute atomic E-state index is 0.0457. The largest absolute Gasteiger partial charge is 0.478 e. The number of nitrogens with zero attached hydrogens (tertiary/aromatic N) is 1. The number of carbonyl (C=O) groups excluding carboxylic acids is 1. The molecule has 1 amide bonds. The van der Waals surface area contributed by atoms with E-state index in [0.29, 0.717) is 0 Å². The first-order valence-corrected chi connectivity index (χ1v) is 5.94. The monoisotopic (exact) mass is 309 g/mol. The quantitative estimate of drug-likeness (QED) is 0.591. The molecule has 3 N–H and O–H groups in total. The van der Waals surface area contributed by atoms with Gasteiger partial charge in [-0.25, -0.2) is 9.78 Å². The molecule has 0 spiro atoms. The maximum Gasteiger partial charge on any atom is 0.337 e. The van der Waals surface area contributed by atoms with Crippen LogP contribution in [0.3, 0.4) is 0 Å². The van der Waals surface area contributed by atoms with Gasteiger partial charge in [-0.05, 0) is 23.1 Å². The zero-order valence-corrected chi connectivity index (χ0v) is 11.0. The Balaban J connectivity index is 2.31. The van der Waals surface area contributed by atoms with Crippen molar-refractivity contribution in [1.29, 1.82) is 0 Å². The van der Waals surface area contributed by atoms with E-state index in [1.165, 1.54) is 24.3 Å². The number of para-hydroxylation sites is 1. The maximum atomic E-state index is 12.0. The summed E-state index contributed by atoms with van der Waals surface area (Å²) in [5, 5.41) is 21.9. The molecule has 21 heavy (non-hydrogen) atoms. The molecule has 0 radical (unpaired) electrons. The number of aromatic amines is 1. The Morgan fingerprint density at radius 1 is 1.29 bits per heavy atom. The number of H-pyrrole nitrogens is 1. The minimum Gasteiger partial charge on any atom is -0.478 e. The van der Waals surface area contributed by atoms with Crippen LogP contribution in [0.5, 0.6) is 0 Å². The standard InChI is InChI=1S/C12H8ClN3O5/c13-7-3-1-2-6(12(18)19)10(7)15-11(17)8-4-5-9(14-8)16(20)21/h1-5,14H,(H,15,17)(H,18,19). The average Bonchev–Trinajstić information content (AvgIpc) is 2.90. The molecule has 0 saturated heterocycles. The van der Waals surface area contributed by atoms with Crippen molar-refractivity contribution in [2.24, 2.45) is 0 Å². The lowest BCUT2D eigenvalue weighted by Crippen LogP contribution is -2.15. The van der Waals surface area contributed by atoms with Gasteiger partial charge in [0.25, 0.3) is 5.91 Å². The summed E-state index contributed by atoms with van der Waals surface area (Å²) in [6.45, 7) is 0. The van der Waals surface area contributed by atoms with E-state index in [1.807, 2.05) is 0 Å². The van der Waals surface area contributed by atoms with Gasteiger partial charge in [-0.3, -0.25) is 4.79 Å². The molecule has 1 aromatic heterocycles. The number of carboxylic acids is 1. The molecule has 2 rings (SSSR count). The summed E-state index contributed by atoms with van der Waals surface area (Å²) in [4.78, 5) is 35.2. The van der Waals surface area contributed by atoms with Crippen molar-refractivity contribution in [2.45, 2.75) is 0 Å². The van der Waals surface area contributed by atoms with Gasteiger partial charge in [0.1, 0.15) is 0 Å². The first-order chi connectivity index (χ1) is 9.90. The number of aromatic carboxylic acids is 1. The molecule has 9 heteroatoms. The molecule has 1 heterocycles. The van der Waals surface area contributed by atoms with Crippen LogP contribution in [-0.4, -0.2) is 26.9 Å². The predicted molar refractivity (Wildman–Crippen MR) is 73.8 cm³/mol. The Morgan fingerprint density at radius 2 is 2.00 bits per heavy atom. The summed E-state index contributed by atoms with van der Waals surface area (Å²) >= 11 is 5.86. The molecule has 108 valence electrons. The summed E-state index contributed by atoms with van der Waals surface area (Å²) in [5.41, 5.74) is -0.344. The van der Waals surface area contributed by atoms with Crippen LogP contribution in [0.4, 0.5) is 11.5 Å². The van der Waals surface area contributed by atoms with Crippen molar-refractivity contribution in [3.8, 4) is 0 Å². The third-order valence-electron chi connectivity index (χ3n) is 2.59. The molecule has 0 aliphatic rings. The van der Waals surface area contributed by atoms with E-state index >= 15 is 0 Å². The number of rotatable bonds is 4. The molecular weight excluding hydrogens is 302 g/mol. The number of anilines is 1. The van der Waals surface area contributed by atoms with Crippen LogP contribution in [-0.2, 0) is 0 Å². The van der Waals surface area contributed by atoms with Crippen molar-refractivity contribution < 1.29 is 19.6 Å². The molecule has 0 aliphatic heterocycles. The smallest absolute Gasteiger partial charge is 0.337 e. The van der Waals surface area contributed by atoms with E-state index < -0.39 is 16.8 Å². The van der Waals surface area contributed by atoms with Crippen LogP contribution in [0.15, 0.2) is 30.3 Å². The zero-order chi connectivity index (χ0) is 15.6. The number of carboxylic acid groups (broad SMARTS) is 1. The fourth-order valence-electron chi connectivity index (χ4n) is 1.63. The number of amides is 1. The average molecular weight is 310 g/mol. The van der Waals surface area contributed by atoms with Crippen LogP contribution in [0.2, 0.25) is 5.02 Å². The van der Waals surface area contributed by atoms with E-state index in [1.54, 1.807) is 0 Å². The molecule has 0 atom stereocenters. The van der Waals surface area contributed by atoms with Crippen molar-refractivity contribution in [1.82, 2.24) is 4.98 Å². The molecule has 0 unspecified atom stereocenters. The zero-order valence-electron chi connectivity index (χ0n) is 10.3. The Morgan fingerprint density at radius 3 is 2.57 bits per heavy atom. The van der Waals surface area contributed by atoms with Crippen LogP contribution >= 0.6 is 11.6 Å². The van der Waals surface area contributed by atoms with E-state index in [0.717, 1.165) is 6.07 Å². The van der Waals surface area contributed by atoms with Gasteiger partial charge >= 0.3 is 11.8 Å². The van der Waals surface area contributed by atoms with E-state index in [4.69, 9.17) is 16.7 Å². The van der Waals surface area contributed by atoms with Crippen LogP contribution in [0.1, 0.15) is 20.8 Å². The third-order valence-corrected chi connectivity index (χ3v) is 2.91. The molecule has 0 bridgehead atoms. The van der Waals surface area contributed by atoms with Gasteiger partial charge in [0.2, 0.25) is 0 Å². The fraction of sp³-hybridized carbons (Fsp3) is 0. The highest BCUT2D eigenvalue weighted by Crippen LogP contribution is 2.26. The number of hydrogen-bond acceptors (Lipinski definition) is 4. The minimum atomic E-state index is -1.26. The van der Waals surface area contributed by atoms with Gasteiger partial charge in [-0.1, -0.05) is 17.7 Å². The lowest BCUT2D eigenvalue weighted by molar-refractivity contribution is -0.389. The first kappa shape index (κ1) is 14.5. The predicted octanol–water partition coefficient (Wildman–Crippen LogP) is 2.53. The third kappa shape index (κ3) is 3.00. The van der Waals surface area contributed by atoms with E-state index in [2.05, 4.69) is 10.3 Å². The van der Waals surface area contributed by atoms with Gasteiger partial charge in [0, 0.05) is 6.07 Å². The highest BCUT2D eigenvalue weighted by atomic mass is 35.5. The number of hydrogen-bond donors (Lipinski definition) is 3. The van der Waals surface area contributed by atoms with Crippen molar-refractivity contribution >= 4 is 35.0 Å². The number of carbonyl (C=O) groups is 2. The summed E-state index contributed by atoms with van der Waals surface area (Å²) in [5.74, 6) is -2.35. The van der Waals surface area contributed by atoms with E-state index in [-0.39, 0.29) is 27.8 Å². The number of aromatic nitrogens is 1. The van der Waals surface area contributed by atoms with Crippen molar-refractivity contribution in [2.75, 3.05) is 5.32 Å². The van der Waals surface area contributed by atoms with Gasteiger partial charge in [0.05, 0.1) is 16.3 Å². The second-order valence-electron chi connectivity index (χ2n) is 3.94. The van der Waals surface area contributed by atoms with Gasteiger partial charge in [-0.2, -0.15) is 0 Å². The Labute approximate surface area is 122 Å². The molecule has 8 nitrogen and oxygen atoms in total. The van der Waals surface area contributed by atoms with Crippen molar-refractivity contribution in [3.05, 3.63) is 56.7 Å². The summed E-state index contributed by atoms with van der Waals surface area (Å²) in [7, 11) is 0. The molecule has 0 fully saturated rings. The number of halogens is 1. The van der Waals surface area contributed by atoms with Crippen LogP contribution in [0.25, 0.3) is 0 Å². The van der Waals surface area contributed by atoms with Crippen LogP contribution in [0, 0.1) is 10.1 Å². The first-order valence-electron chi connectivity index (χ1n) is 5.56. The Kier molecular flexibility index (Phi) is 3.90. The fourth-order valence-corrected chi connectivity index (χ4v) is 1.85. The lowest BCUT2D eigenvalue weighted by atomic mass is 10.1. The highest BCUT2D eigenvalue weighted by molar-refractivity contribution is 6.34. The number of benzene rings is 1. The SMILES string of the molecule is O=C(Nc1c(Cl)cccc1C(=O)O)c1ccc([N+](=O)[O-])[nH]1. The summed E-state index contributed by atoms with van der Waals surface area (Å²) in [6, 6.07) is 6.47. The summed E-state index contributed by atoms with van der Waals surface area (Å²) < 4.78 is 0. The van der Waals surface area contributed by atoms with E-state index in [9.17, 15) is 19.7 Å². The number of nitro groups is 1. The van der Waals surface area contributed by atoms with Crippen molar-refractivity contribution in [3.63, 3.8) is 0 Å². The highest BCUT2D eigenvalue weighted by Gasteiger charge is 2.20. The van der Waals surface area contributed by atoms with Gasteiger partial charge in [-0.15, -0.1) is 0 Å². The molecule has 1 aromatic carbocycles. The van der Waals surface area contributed by atoms with Gasteiger partial charge in [0.15, 0.2) is 5.69 Å². The molecule has 2 aromatic rings. The topological polar surface area (TPSA) is 125 Å². The Hall–Kier alpha value is -2.87. The molecule has 0 aliphatic carbocycles. The molecule has 0 saturated carbocycles. The second-order valence-corrected chi connectivity index (χ2v) is 4.34. The summed E-state index contributed by atoms with van der Waals surface area (Å²) in [6.07, 6.45) is 0. The Bertz CT molecular complexity index is 740. The van der Waals surface area contributed by atoms with Gasteiger partial charge < -0.3 is 20.5 Å². The normalized spacial score (nSPS) is 10.1. The van der Waals surface area contributed by atoms with Crippen LogP contribution < -0.4 is 5.32 Å². The maximum absolute atomic E-state index is 12.0. The number of nitrogens with one attached hydrogen (secondary N) is 2. The second kappa shape index (κ2) is 5.63.